The lowest BCUT2D eigenvalue weighted by Crippen LogP contribution is -2.44. The molecule has 1 fully saturated rings. The summed E-state index contributed by atoms with van der Waals surface area (Å²) in [6, 6.07) is 1.07. The maximum Gasteiger partial charge on any atom is 0.490 e. The van der Waals surface area contributed by atoms with Gasteiger partial charge in [-0.3, -0.25) is 18.9 Å². The number of nitrogens with zero attached hydrogens (tertiary/aromatic N) is 1. The Balaban J connectivity index is 2.25. The van der Waals surface area contributed by atoms with Gasteiger partial charge < -0.3 is 29.4 Å². The van der Waals surface area contributed by atoms with Crippen molar-refractivity contribution < 1.29 is 56.3 Å². The van der Waals surface area contributed by atoms with E-state index in [2.05, 4.69) is 18.1 Å². The molecule has 0 amide bonds. The van der Waals surface area contributed by atoms with E-state index in [0.29, 0.717) is 6.42 Å². The molecule has 1 aliphatic heterocycles. The predicted molar refractivity (Wildman–Crippen MR) is 132 cm³/mol. The lowest BCUT2D eigenvalue weighted by molar-refractivity contribution is -0.116. The van der Waals surface area contributed by atoms with Gasteiger partial charge in [0.15, 0.2) is 5.72 Å². The van der Waals surface area contributed by atoms with E-state index in [1.54, 1.807) is 6.08 Å². The number of aromatic amines is 1. The smallest absolute Gasteiger partial charge is 0.390 e. The number of hydrogen-bond donors (Lipinski definition) is 6. The van der Waals surface area contributed by atoms with Crippen molar-refractivity contribution in [2.45, 2.75) is 64.4 Å². The van der Waals surface area contributed by atoms with Crippen LogP contribution in [0.5, 0.6) is 0 Å². The minimum atomic E-state index is -5.73. The molecule has 0 spiro atoms. The molecule has 16 nitrogen and oxygen atoms in total. The van der Waals surface area contributed by atoms with Crippen molar-refractivity contribution in [2.24, 2.45) is 0 Å². The summed E-state index contributed by atoms with van der Waals surface area (Å²) < 4.78 is 53.2. The van der Waals surface area contributed by atoms with Gasteiger partial charge in [-0.25, -0.2) is 18.5 Å². The van der Waals surface area contributed by atoms with E-state index in [9.17, 15) is 38.2 Å². The first-order valence-corrected chi connectivity index (χ1v) is 15.6. The number of nitrogens with one attached hydrogen (secondary N) is 1. The monoisotopic (exact) mass is 604 g/mol. The Kier molecular flexibility index (Phi) is 11.0. The highest BCUT2D eigenvalue weighted by atomic mass is 31.3. The summed E-state index contributed by atoms with van der Waals surface area (Å²) in [6.45, 7) is 4.88. The van der Waals surface area contributed by atoms with Crippen LogP contribution in [0.3, 0.4) is 0 Å². The highest BCUT2D eigenvalue weighted by molar-refractivity contribution is 7.66. The van der Waals surface area contributed by atoms with Crippen molar-refractivity contribution in [2.75, 3.05) is 6.61 Å². The average molecular weight is 604 g/mol. The van der Waals surface area contributed by atoms with Crippen LogP contribution in [-0.2, 0) is 37.3 Å². The third kappa shape index (κ3) is 10.2. The summed E-state index contributed by atoms with van der Waals surface area (Å²) in [5.41, 5.74) is -0.974. The zero-order valence-corrected chi connectivity index (χ0v) is 23.4. The molecule has 1 aromatic rings. The van der Waals surface area contributed by atoms with Gasteiger partial charge in [-0.15, -0.1) is 0 Å². The van der Waals surface area contributed by atoms with Crippen LogP contribution in [0.4, 0.5) is 0 Å². The lowest BCUT2D eigenvalue weighted by Gasteiger charge is -2.30. The van der Waals surface area contributed by atoms with Crippen molar-refractivity contribution in [3.05, 3.63) is 56.4 Å². The second-order valence-corrected chi connectivity index (χ2v) is 13.2. The number of aliphatic hydroxyl groups excluding tert-OH is 1. The Labute approximate surface area is 217 Å². The van der Waals surface area contributed by atoms with E-state index in [1.165, 1.54) is 6.20 Å². The van der Waals surface area contributed by atoms with Crippen LogP contribution in [0.1, 0.15) is 46.5 Å². The van der Waals surface area contributed by atoms with Gasteiger partial charge in [0.25, 0.3) is 5.56 Å². The van der Waals surface area contributed by atoms with Crippen molar-refractivity contribution in [1.29, 1.82) is 0 Å². The molecule has 6 N–H and O–H groups in total. The molecule has 5 atom stereocenters. The largest absolute Gasteiger partial charge is 0.490 e. The molecule has 1 aliphatic rings. The summed E-state index contributed by atoms with van der Waals surface area (Å²) in [6.07, 6.45) is 3.53. The van der Waals surface area contributed by atoms with E-state index < -0.39 is 59.3 Å². The molecule has 2 heterocycles. The van der Waals surface area contributed by atoms with Gasteiger partial charge in [0.1, 0.15) is 6.10 Å². The Morgan fingerprint density at radius 3 is 2.37 bits per heavy atom. The van der Waals surface area contributed by atoms with Crippen LogP contribution < -0.4 is 11.2 Å². The highest BCUT2D eigenvalue weighted by Crippen LogP contribution is 2.66. The van der Waals surface area contributed by atoms with Gasteiger partial charge in [-0.05, 0) is 33.6 Å². The molecular formula is C19H31N2O14P3. The van der Waals surface area contributed by atoms with Gasteiger partial charge in [0.05, 0.1) is 12.7 Å². The van der Waals surface area contributed by atoms with Gasteiger partial charge in [0.2, 0.25) is 0 Å². The van der Waals surface area contributed by atoms with Crippen LogP contribution in [0.15, 0.2) is 45.2 Å². The number of aliphatic hydroxyl groups is 1. The standard InChI is InChI=1S/C19H31N2O14P3/c1-13(2)5-4-6-14(3)7-9-19(21-10-8-17(23)20-18(21)24)11-15(22)16(33-19)12-32-37(28,29)35-38(30,31)34-36(25,26)27/h5,7-8,10,15-16,22H,4,6,9,11-12H2,1-3H3,(H,28,29)(H,30,31)(H,20,23,24)(H2,25,26,27)/t15-,16+,19+/m0/s1. The molecule has 19 heteroatoms. The number of ether oxygens (including phenoxy) is 1. The number of H-pyrrole nitrogens is 1. The summed E-state index contributed by atoms with van der Waals surface area (Å²) in [7, 11) is -16.8. The Bertz CT molecular complexity index is 1310. The van der Waals surface area contributed by atoms with Crippen molar-refractivity contribution >= 4 is 23.5 Å². The van der Waals surface area contributed by atoms with Gasteiger partial charge in [0, 0.05) is 25.1 Å². The second kappa shape index (κ2) is 12.8. The first-order valence-electron chi connectivity index (χ1n) is 11.1. The van der Waals surface area contributed by atoms with E-state index >= 15 is 0 Å². The van der Waals surface area contributed by atoms with Gasteiger partial charge in [-0.1, -0.05) is 23.3 Å². The van der Waals surface area contributed by atoms with Crippen LogP contribution in [0, 0.1) is 0 Å². The maximum absolute atomic E-state index is 12.6. The number of aromatic nitrogens is 2. The molecule has 2 rings (SSSR count). The van der Waals surface area contributed by atoms with Crippen LogP contribution in [0.2, 0.25) is 0 Å². The summed E-state index contributed by atoms with van der Waals surface area (Å²) in [5.74, 6) is 0. The number of rotatable bonds is 13. The van der Waals surface area contributed by atoms with Crippen LogP contribution in [-0.4, -0.2) is 53.0 Å². The van der Waals surface area contributed by atoms with Crippen LogP contribution >= 0.6 is 23.5 Å². The van der Waals surface area contributed by atoms with Gasteiger partial charge in [-0.2, -0.15) is 8.62 Å². The predicted octanol–water partition coefficient (Wildman–Crippen LogP) is 1.77. The molecular weight excluding hydrogens is 573 g/mol. The fraction of sp³-hybridized carbons (Fsp3) is 0.579. The Morgan fingerprint density at radius 2 is 1.79 bits per heavy atom. The molecule has 0 bridgehead atoms. The zero-order valence-electron chi connectivity index (χ0n) is 20.7. The minimum absolute atomic E-state index is 0.0441. The third-order valence-electron chi connectivity index (χ3n) is 5.27. The zero-order chi connectivity index (χ0) is 28.9. The first kappa shape index (κ1) is 32.7. The molecule has 0 saturated carbocycles. The van der Waals surface area contributed by atoms with Crippen molar-refractivity contribution in [3.63, 3.8) is 0 Å². The second-order valence-electron chi connectivity index (χ2n) is 8.82. The highest BCUT2D eigenvalue weighted by Gasteiger charge is 2.49. The topological polar surface area (TPSA) is 244 Å². The van der Waals surface area contributed by atoms with E-state index in [-0.39, 0.29) is 12.8 Å². The normalized spacial score (nSPS) is 25.5. The fourth-order valence-corrected chi connectivity index (χ4v) is 6.66. The molecule has 38 heavy (non-hydrogen) atoms. The summed E-state index contributed by atoms with van der Waals surface area (Å²) in [5, 5.41) is 10.6. The molecule has 216 valence electrons. The molecule has 0 radical (unpaired) electrons. The van der Waals surface area contributed by atoms with E-state index in [4.69, 9.17) is 14.5 Å². The Hall–Kier alpha value is -1.51. The molecule has 1 saturated heterocycles. The first-order chi connectivity index (χ1) is 17.3. The van der Waals surface area contributed by atoms with E-state index in [0.717, 1.165) is 28.2 Å². The molecule has 0 aromatic carbocycles. The Morgan fingerprint density at radius 1 is 1.13 bits per heavy atom. The maximum atomic E-state index is 12.6. The van der Waals surface area contributed by atoms with Crippen molar-refractivity contribution in [3.8, 4) is 0 Å². The number of allylic oxidation sites excluding steroid dienone is 3. The molecule has 1 aromatic heterocycles. The summed E-state index contributed by atoms with van der Waals surface area (Å²) in [4.78, 5) is 62.4. The lowest BCUT2D eigenvalue weighted by atomic mass is 10.00. The van der Waals surface area contributed by atoms with E-state index in [1.807, 2.05) is 26.8 Å². The summed E-state index contributed by atoms with van der Waals surface area (Å²) >= 11 is 0. The number of phosphoric ester groups is 1. The number of phosphoric acid groups is 3. The molecule has 2 unspecified atom stereocenters. The van der Waals surface area contributed by atoms with Crippen LogP contribution in [0.25, 0.3) is 0 Å². The average Bonchev–Trinajstić information content (AvgIpc) is 3.04. The van der Waals surface area contributed by atoms with Crippen molar-refractivity contribution in [1.82, 2.24) is 9.55 Å². The SMILES string of the molecule is CC(C)=CCCC(C)=CC[C@]1(n2ccc(=O)[nH]c2=O)C[C@H](O)[C@@H](COP(=O)(O)OP(=O)(O)OP(=O)(O)O)O1. The number of hydrogen-bond acceptors (Lipinski definition) is 10. The molecule has 0 aliphatic carbocycles. The third-order valence-corrected chi connectivity index (χ3v) is 9.07. The quantitative estimate of drug-likeness (QED) is 0.139. The minimum Gasteiger partial charge on any atom is -0.390 e. The fourth-order valence-electron chi connectivity index (χ4n) is 3.63. The van der Waals surface area contributed by atoms with Gasteiger partial charge >= 0.3 is 29.2 Å².